The van der Waals surface area contributed by atoms with Gasteiger partial charge in [-0.05, 0) is 25.1 Å². The van der Waals surface area contributed by atoms with Crippen molar-refractivity contribution < 1.29 is 14.6 Å². The SMILES string of the molecule is C=C(OCC)c1ccc(Cl)c(C(=O)O)c1. The molecule has 0 amide bonds. The summed E-state index contributed by atoms with van der Waals surface area (Å²) in [6, 6.07) is 4.64. The Morgan fingerprint density at radius 1 is 1.60 bits per heavy atom. The summed E-state index contributed by atoms with van der Waals surface area (Å²) >= 11 is 5.72. The fourth-order valence-corrected chi connectivity index (χ4v) is 1.32. The van der Waals surface area contributed by atoms with Crippen molar-refractivity contribution in [1.29, 1.82) is 0 Å². The maximum atomic E-state index is 10.8. The first-order valence-corrected chi connectivity index (χ1v) is 4.79. The van der Waals surface area contributed by atoms with Gasteiger partial charge in [-0.1, -0.05) is 18.2 Å². The number of halogens is 1. The topological polar surface area (TPSA) is 46.5 Å². The predicted octanol–water partition coefficient (Wildman–Crippen LogP) is 3.05. The minimum absolute atomic E-state index is 0.0509. The van der Waals surface area contributed by atoms with E-state index in [0.717, 1.165) is 0 Å². The second kappa shape index (κ2) is 4.84. The lowest BCUT2D eigenvalue weighted by atomic mass is 10.1. The molecule has 0 spiro atoms. The molecule has 0 aliphatic carbocycles. The van der Waals surface area contributed by atoms with Gasteiger partial charge in [0.1, 0.15) is 5.76 Å². The van der Waals surface area contributed by atoms with Crippen LogP contribution >= 0.6 is 11.6 Å². The molecule has 0 unspecified atom stereocenters. The molecule has 1 rings (SSSR count). The van der Waals surface area contributed by atoms with Crippen LogP contribution in [-0.4, -0.2) is 17.7 Å². The monoisotopic (exact) mass is 226 g/mol. The number of hydrogen-bond acceptors (Lipinski definition) is 2. The molecule has 0 bridgehead atoms. The zero-order valence-corrected chi connectivity index (χ0v) is 9.04. The van der Waals surface area contributed by atoms with Crippen molar-refractivity contribution in [2.75, 3.05) is 6.61 Å². The molecular weight excluding hydrogens is 216 g/mol. The summed E-state index contributed by atoms with van der Waals surface area (Å²) < 4.78 is 5.17. The second-order valence-corrected chi connectivity index (χ2v) is 3.26. The van der Waals surface area contributed by atoms with E-state index in [1.165, 1.54) is 12.1 Å². The molecule has 0 atom stereocenters. The van der Waals surface area contributed by atoms with Crippen LogP contribution in [0.15, 0.2) is 24.8 Å². The lowest BCUT2D eigenvalue weighted by Gasteiger charge is -2.08. The minimum Gasteiger partial charge on any atom is -0.494 e. The van der Waals surface area contributed by atoms with Gasteiger partial charge in [-0.2, -0.15) is 0 Å². The van der Waals surface area contributed by atoms with Gasteiger partial charge in [0.15, 0.2) is 0 Å². The highest BCUT2D eigenvalue weighted by Crippen LogP contribution is 2.22. The number of ether oxygens (including phenoxy) is 1. The zero-order valence-electron chi connectivity index (χ0n) is 8.29. The molecule has 15 heavy (non-hydrogen) atoms. The highest BCUT2D eigenvalue weighted by Gasteiger charge is 2.10. The first-order valence-electron chi connectivity index (χ1n) is 4.41. The summed E-state index contributed by atoms with van der Waals surface area (Å²) in [6.45, 7) is 6.01. The molecule has 0 aliphatic rings. The third kappa shape index (κ3) is 2.73. The normalized spacial score (nSPS) is 9.73. The Hall–Kier alpha value is -1.48. The van der Waals surface area contributed by atoms with Crippen LogP contribution in [0.3, 0.4) is 0 Å². The van der Waals surface area contributed by atoms with Crippen molar-refractivity contribution in [3.05, 3.63) is 40.9 Å². The summed E-state index contributed by atoms with van der Waals surface area (Å²) in [4.78, 5) is 10.8. The fraction of sp³-hybridized carbons (Fsp3) is 0.182. The maximum Gasteiger partial charge on any atom is 0.337 e. The Morgan fingerprint density at radius 2 is 2.27 bits per heavy atom. The molecule has 0 aromatic heterocycles. The largest absolute Gasteiger partial charge is 0.494 e. The molecule has 0 saturated carbocycles. The lowest BCUT2D eigenvalue weighted by molar-refractivity contribution is 0.0697. The first kappa shape index (κ1) is 11.6. The van der Waals surface area contributed by atoms with Gasteiger partial charge in [-0.25, -0.2) is 4.79 Å². The van der Waals surface area contributed by atoms with E-state index in [-0.39, 0.29) is 10.6 Å². The highest BCUT2D eigenvalue weighted by molar-refractivity contribution is 6.33. The van der Waals surface area contributed by atoms with Crippen LogP contribution < -0.4 is 0 Å². The Morgan fingerprint density at radius 3 is 2.80 bits per heavy atom. The van der Waals surface area contributed by atoms with E-state index < -0.39 is 5.97 Å². The number of aromatic carboxylic acids is 1. The number of carboxylic acids is 1. The molecule has 0 saturated heterocycles. The lowest BCUT2D eigenvalue weighted by Crippen LogP contribution is -1.99. The smallest absolute Gasteiger partial charge is 0.337 e. The molecule has 0 radical (unpaired) electrons. The van der Waals surface area contributed by atoms with E-state index in [2.05, 4.69) is 6.58 Å². The molecule has 1 aromatic carbocycles. The van der Waals surface area contributed by atoms with E-state index in [1.807, 2.05) is 6.92 Å². The third-order valence-corrected chi connectivity index (χ3v) is 2.17. The fourth-order valence-electron chi connectivity index (χ4n) is 1.12. The van der Waals surface area contributed by atoms with Gasteiger partial charge in [-0.3, -0.25) is 0 Å². The van der Waals surface area contributed by atoms with Gasteiger partial charge in [-0.15, -0.1) is 0 Å². The summed E-state index contributed by atoms with van der Waals surface area (Å²) in [5.41, 5.74) is 0.675. The molecular formula is C11H11ClO3. The molecule has 1 aromatic rings. The Balaban J connectivity index is 3.07. The van der Waals surface area contributed by atoms with Gasteiger partial charge in [0.25, 0.3) is 0 Å². The molecule has 80 valence electrons. The van der Waals surface area contributed by atoms with Crippen LogP contribution in [0.2, 0.25) is 5.02 Å². The summed E-state index contributed by atoms with van der Waals surface area (Å²) in [5.74, 6) is -0.622. The van der Waals surface area contributed by atoms with Gasteiger partial charge >= 0.3 is 5.97 Å². The molecule has 4 heteroatoms. The average molecular weight is 227 g/mol. The summed E-state index contributed by atoms with van der Waals surface area (Å²) in [6.07, 6.45) is 0. The Bertz CT molecular complexity index is 399. The molecule has 1 N–H and O–H groups in total. The number of carbonyl (C=O) groups is 1. The predicted molar refractivity (Wildman–Crippen MR) is 59.1 cm³/mol. The van der Waals surface area contributed by atoms with Crippen molar-refractivity contribution in [2.24, 2.45) is 0 Å². The van der Waals surface area contributed by atoms with E-state index >= 15 is 0 Å². The zero-order chi connectivity index (χ0) is 11.4. The van der Waals surface area contributed by atoms with E-state index in [9.17, 15) is 4.79 Å². The number of rotatable bonds is 4. The minimum atomic E-state index is -1.06. The number of carboxylic acid groups (broad SMARTS) is 1. The quantitative estimate of drug-likeness (QED) is 0.803. The molecule has 0 aliphatic heterocycles. The Labute approximate surface area is 92.9 Å². The van der Waals surface area contributed by atoms with Crippen molar-refractivity contribution in [1.82, 2.24) is 0 Å². The van der Waals surface area contributed by atoms with Crippen LogP contribution in [0.4, 0.5) is 0 Å². The third-order valence-electron chi connectivity index (χ3n) is 1.84. The Kier molecular flexibility index (Phi) is 3.74. The van der Waals surface area contributed by atoms with Crippen LogP contribution in [-0.2, 0) is 4.74 Å². The van der Waals surface area contributed by atoms with Gasteiger partial charge < -0.3 is 9.84 Å². The van der Waals surface area contributed by atoms with Crippen LogP contribution in [0.5, 0.6) is 0 Å². The second-order valence-electron chi connectivity index (χ2n) is 2.86. The summed E-state index contributed by atoms with van der Waals surface area (Å²) in [7, 11) is 0. The number of hydrogen-bond donors (Lipinski definition) is 1. The molecule has 0 heterocycles. The van der Waals surface area contributed by atoms with E-state index in [4.69, 9.17) is 21.4 Å². The standard InChI is InChI=1S/C11H11ClO3/c1-3-15-7(2)8-4-5-10(12)9(6-8)11(13)14/h4-6H,2-3H2,1H3,(H,13,14). The van der Waals surface area contributed by atoms with Gasteiger partial charge in [0, 0.05) is 5.56 Å². The van der Waals surface area contributed by atoms with Crippen molar-refractivity contribution in [2.45, 2.75) is 6.92 Å². The molecule has 3 nitrogen and oxygen atoms in total. The van der Waals surface area contributed by atoms with E-state index in [1.54, 1.807) is 6.07 Å². The van der Waals surface area contributed by atoms with Crippen LogP contribution in [0, 0.1) is 0 Å². The maximum absolute atomic E-state index is 10.8. The first-order chi connectivity index (χ1) is 7.06. The van der Waals surface area contributed by atoms with Crippen LogP contribution in [0.1, 0.15) is 22.8 Å². The van der Waals surface area contributed by atoms with Crippen LogP contribution in [0.25, 0.3) is 5.76 Å². The van der Waals surface area contributed by atoms with Gasteiger partial charge in [0.2, 0.25) is 0 Å². The van der Waals surface area contributed by atoms with Crippen molar-refractivity contribution in [3.63, 3.8) is 0 Å². The van der Waals surface area contributed by atoms with Crippen molar-refractivity contribution >= 4 is 23.3 Å². The highest BCUT2D eigenvalue weighted by atomic mass is 35.5. The average Bonchev–Trinajstić information content (AvgIpc) is 2.18. The van der Waals surface area contributed by atoms with Crippen molar-refractivity contribution in [3.8, 4) is 0 Å². The molecule has 0 fully saturated rings. The number of benzene rings is 1. The summed E-state index contributed by atoms with van der Waals surface area (Å²) in [5, 5.41) is 9.05. The van der Waals surface area contributed by atoms with E-state index in [0.29, 0.717) is 17.9 Å². The van der Waals surface area contributed by atoms with Gasteiger partial charge in [0.05, 0.1) is 17.2 Å².